The van der Waals surface area contributed by atoms with Gasteiger partial charge in [-0.15, -0.1) is 0 Å². The fourth-order valence-electron chi connectivity index (χ4n) is 5.62. The topological polar surface area (TPSA) is 113 Å². The zero-order valence-electron chi connectivity index (χ0n) is 24.2. The van der Waals surface area contributed by atoms with E-state index in [9.17, 15) is 0 Å². The Bertz CT molecular complexity index is 1520. The van der Waals surface area contributed by atoms with Crippen LogP contribution in [0.2, 0.25) is 0 Å². The molecule has 0 aliphatic heterocycles. The molecule has 2 aromatic carbocycles. The monoisotopic (exact) mass is 712 g/mol. The first-order chi connectivity index (χ1) is 18.9. The van der Waals surface area contributed by atoms with Crippen LogP contribution in [-0.4, -0.2) is 25.6 Å². The highest BCUT2D eigenvalue weighted by Crippen LogP contribution is 2.23. The summed E-state index contributed by atoms with van der Waals surface area (Å²) in [4.78, 5) is 0. The van der Waals surface area contributed by atoms with Crippen LogP contribution in [0.5, 0.6) is 0 Å². The lowest BCUT2D eigenvalue weighted by atomic mass is 10.1. The molecular weight excluding hydrogens is 672 g/mol. The molecule has 0 saturated heterocycles. The number of imidazole rings is 2. The molecule has 0 aliphatic rings. The molecule has 0 saturated carbocycles. The van der Waals surface area contributed by atoms with E-state index >= 15 is 0 Å². The fourth-order valence-corrected chi connectivity index (χ4v) is 5.62. The second-order valence-electron chi connectivity index (χ2n) is 10.1. The van der Waals surface area contributed by atoms with E-state index in [1.807, 2.05) is 0 Å². The molecule has 0 aliphatic carbocycles. The first-order valence-electron chi connectivity index (χ1n) is 14.0. The minimum absolute atomic E-state index is 0. The number of fused-ring (bicyclic) bond motifs is 2. The van der Waals surface area contributed by atoms with Gasteiger partial charge in [0.2, 0.25) is 0 Å². The molecule has 4 aromatic heterocycles. The minimum atomic E-state index is 0. The van der Waals surface area contributed by atoms with E-state index in [1.165, 1.54) is 72.3 Å². The predicted octanol–water partition coefficient (Wildman–Crippen LogP) is -1.32. The summed E-state index contributed by atoms with van der Waals surface area (Å²) < 4.78 is 9.45. The van der Waals surface area contributed by atoms with Crippen molar-refractivity contribution in [1.29, 1.82) is 0 Å². The molecule has 230 valence electrons. The van der Waals surface area contributed by atoms with Crippen molar-refractivity contribution in [2.24, 2.45) is 0 Å². The minimum Gasteiger partial charge on any atom is -1.00 e. The predicted molar refractivity (Wildman–Crippen MR) is 165 cm³/mol. The van der Waals surface area contributed by atoms with Gasteiger partial charge in [0.1, 0.15) is 12.4 Å². The molecule has 43 heavy (non-hydrogen) atoms. The molecule has 7 nitrogen and oxygen atoms in total. The molecule has 0 spiro atoms. The molecule has 6 N–H and O–H groups in total. The summed E-state index contributed by atoms with van der Waals surface area (Å²) in [6.45, 7) is 2.11. The number of aromatic nitrogens is 4. The number of hydrogen-bond acceptors (Lipinski definition) is 0. The van der Waals surface area contributed by atoms with E-state index in [0.717, 1.165) is 13.1 Å². The van der Waals surface area contributed by atoms with Crippen molar-refractivity contribution in [3.8, 4) is 22.5 Å². The number of halogens is 2. The summed E-state index contributed by atoms with van der Waals surface area (Å²) in [5.74, 6) is 0. The first kappa shape index (κ1) is 37.7. The summed E-state index contributed by atoms with van der Waals surface area (Å²) in [6, 6.07) is 34.4. The Balaban J connectivity index is 0.00000185. The van der Waals surface area contributed by atoms with Crippen molar-refractivity contribution in [2.45, 2.75) is 51.6 Å². The summed E-state index contributed by atoms with van der Waals surface area (Å²) >= 11 is 0. The molecule has 6 rings (SSSR count). The SMILES string of the molecule is O.O.O.[Br-].[Br-].c1ccc(-c2c[n+]3ccccc3n2CCCCCCCCn2c(-c3ccccc3)c[n+]3ccccc23)cc1. The molecule has 6 aromatic rings. The molecule has 0 fully saturated rings. The average Bonchev–Trinajstić information content (AvgIpc) is 3.54. The van der Waals surface area contributed by atoms with Gasteiger partial charge in [-0.1, -0.05) is 85.6 Å². The number of rotatable bonds is 11. The maximum Gasteiger partial charge on any atom is 0.286 e. The fraction of sp³-hybridized carbons (Fsp3) is 0.235. The van der Waals surface area contributed by atoms with Crippen molar-refractivity contribution in [3.05, 3.63) is 122 Å². The van der Waals surface area contributed by atoms with Crippen LogP contribution in [-0.2, 0) is 13.1 Å². The van der Waals surface area contributed by atoms with Crippen LogP contribution >= 0.6 is 0 Å². The van der Waals surface area contributed by atoms with E-state index in [4.69, 9.17) is 0 Å². The van der Waals surface area contributed by atoms with Gasteiger partial charge in [0.25, 0.3) is 11.3 Å². The Morgan fingerprint density at radius 2 is 0.767 bits per heavy atom. The second-order valence-corrected chi connectivity index (χ2v) is 10.1. The summed E-state index contributed by atoms with van der Waals surface area (Å²) in [6.07, 6.45) is 16.3. The van der Waals surface area contributed by atoms with Crippen LogP contribution in [0, 0.1) is 0 Å². The van der Waals surface area contributed by atoms with Gasteiger partial charge in [0, 0.05) is 23.3 Å². The third kappa shape index (κ3) is 8.61. The number of aryl methyl sites for hydroxylation is 2. The van der Waals surface area contributed by atoms with Gasteiger partial charge in [0.15, 0.2) is 11.4 Å². The maximum absolute atomic E-state index is 2.48. The molecule has 0 amide bonds. The van der Waals surface area contributed by atoms with Gasteiger partial charge in [-0.25, -0.2) is 17.9 Å². The lowest BCUT2D eigenvalue weighted by Crippen LogP contribution is -3.00. The Hall–Kier alpha value is -3.34. The van der Waals surface area contributed by atoms with Gasteiger partial charge >= 0.3 is 0 Å². The van der Waals surface area contributed by atoms with Crippen molar-refractivity contribution in [1.82, 2.24) is 9.13 Å². The largest absolute Gasteiger partial charge is 1.00 e. The quantitative estimate of drug-likeness (QED) is 0.117. The van der Waals surface area contributed by atoms with E-state index in [2.05, 4.69) is 140 Å². The molecule has 0 radical (unpaired) electrons. The molecule has 0 bridgehead atoms. The number of hydrogen-bond donors (Lipinski definition) is 0. The number of unbranched alkanes of at least 4 members (excludes halogenated alkanes) is 5. The summed E-state index contributed by atoms with van der Waals surface area (Å²) in [5.41, 5.74) is 7.67. The van der Waals surface area contributed by atoms with Gasteiger partial charge < -0.3 is 50.4 Å². The van der Waals surface area contributed by atoms with Gasteiger partial charge in [-0.05, 0) is 37.8 Å². The molecular formula is C34H42Br2N4O3. The van der Waals surface area contributed by atoms with Crippen molar-refractivity contribution < 1.29 is 59.2 Å². The third-order valence-corrected chi connectivity index (χ3v) is 7.55. The van der Waals surface area contributed by atoms with Gasteiger partial charge in [0.05, 0.1) is 25.5 Å². The second kappa shape index (κ2) is 18.4. The average molecular weight is 715 g/mol. The lowest BCUT2D eigenvalue weighted by molar-refractivity contribution is -0.510. The Morgan fingerprint density at radius 1 is 0.419 bits per heavy atom. The van der Waals surface area contributed by atoms with E-state index in [0.29, 0.717) is 0 Å². The summed E-state index contributed by atoms with van der Waals surface area (Å²) in [5, 5.41) is 0. The first-order valence-corrected chi connectivity index (χ1v) is 14.0. The molecule has 9 heteroatoms. The zero-order valence-corrected chi connectivity index (χ0v) is 27.4. The normalized spacial score (nSPS) is 10.1. The van der Waals surface area contributed by atoms with Crippen molar-refractivity contribution in [3.63, 3.8) is 0 Å². The van der Waals surface area contributed by atoms with Gasteiger partial charge in [-0.2, -0.15) is 0 Å². The van der Waals surface area contributed by atoms with Crippen molar-refractivity contribution in [2.75, 3.05) is 0 Å². The molecule has 0 unspecified atom stereocenters. The highest BCUT2D eigenvalue weighted by atomic mass is 79.9. The van der Waals surface area contributed by atoms with Crippen LogP contribution in [0.3, 0.4) is 0 Å². The van der Waals surface area contributed by atoms with Crippen LogP contribution < -0.4 is 42.8 Å². The maximum atomic E-state index is 2.48. The number of pyridine rings is 2. The smallest absolute Gasteiger partial charge is 0.286 e. The Kier molecular flexibility index (Phi) is 16.1. The van der Waals surface area contributed by atoms with Gasteiger partial charge in [-0.3, -0.25) is 0 Å². The van der Waals surface area contributed by atoms with E-state index in [-0.39, 0.29) is 50.4 Å². The van der Waals surface area contributed by atoms with Crippen LogP contribution in [0.15, 0.2) is 122 Å². The molecule has 4 heterocycles. The highest BCUT2D eigenvalue weighted by molar-refractivity contribution is 5.62. The van der Waals surface area contributed by atoms with E-state index in [1.54, 1.807) is 0 Å². The third-order valence-electron chi connectivity index (χ3n) is 7.55. The number of benzene rings is 2. The Morgan fingerprint density at radius 3 is 1.16 bits per heavy atom. The summed E-state index contributed by atoms with van der Waals surface area (Å²) in [7, 11) is 0. The van der Waals surface area contributed by atoms with Crippen LogP contribution in [0.4, 0.5) is 0 Å². The standard InChI is InChI=1S/C34H36N4.2BrH.3H2O/c1(3-13-25-37-31(29-17-7-5-8-18-29)27-35-23-15-11-21-33(35)37)2-4-14-26-38-32(30-19-9-6-10-20-30)28-36-24-16-12-22-34(36)38;;;;;/h5-12,15-24,27-28H,1-4,13-14,25-26H2;2*1H;3*1H2/q+2;;;;;/p-2. The zero-order chi connectivity index (χ0) is 25.6. The number of nitrogens with zero attached hydrogens (tertiary/aromatic N) is 4. The highest BCUT2D eigenvalue weighted by Gasteiger charge is 2.19. The lowest BCUT2D eigenvalue weighted by Gasteiger charge is -2.05. The van der Waals surface area contributed by atoms with E-state index < -0.39 is 0 Å². The Labute approximate surface area is 274 Å². The van der Waals surface area contributed by atoms with Crippen LogP contribution in [0.1, 0.15) is 38.5 Å². The molecule has 0 atom stereocenters. The van der Waals surface area contributed by atoms with Crippen LogP contribution in [0.25, 0.3) is 33.8 Å². The van der Waals surface area contributed by atoms with Crippen molar-refractivity contribution >= 4 is 11.3 Å².